The lowest BCUT2D eigenvalue weighted by atomic mass is 10.2. The van der Waals surface area contributed by atoms with E-state index in [2.05, 4.69) is 4.72 Å². The van der Waals surface area contributed by atoms with Crippen molar-refractivity contribution in [1.29, 1.82) is 0 Å². The highest BCUT2D eigenvalue weighted by Gasteiger charge is 2.18. The number of methoxy groups -OCH3 is 1. The standard InChI is InChI=1S/C9H22N2O3S/c1-8(2)7-15(12,13)11-9(4-5-10)6-14-3/h8-9,11H,4-7,10H2,1-3H3. The molecule has 15 heavy (non-hydrogen) atoms. The maximum absolute atomic E-state index is 11.6. The second kappa shape index (κ2) is 7.16. The van der Waals surface area contributed by atoms with Gasteiger partial charge in [-0.25, -0.2) is 13.1 Å². The van der Waals surface area contributed by atoms with Gasteiger partial charge in [-0.15, -0.1) is 0 Å². The third-order valence-electron chi connectivity index (χ3n) is 1.78. The molecule has 0 aromatic heterocycles. The molecule has 0 bridgehead atoms. The fraction of sp³-hybridized carbons (Fsp3) is 1.00. The molecule has 0 amide bonds. The molecule has 0 saturated heterocycles. The summed E-state index contributed by atoms with van der Waals surface area (Å²) in [4.78, 5) is 0. The zero-order valence-corrected chi connectivity index (χ0v) is 10.5. The predicted molar refractivity (Wildman–Crippen MR) is 61.1 cm³/mol. The maximum atomic E-state index is 11.6. The van der Waals surface area contributed by atoms with Crippen LogP contribution in [0.15, 0.2) is 0 Å². The molecule has 0 radical (unpaired) electrons. The van der Waals surface area contributed by atoms with Gasteiger partial charge in [0.15, 0.2) is 0 Å². The topological polar surface area (TPSA) is 81.4 Å². The molecule has 92 valence electrons. The number of ether oxygens (including phenoxy) is 1. The normalized spacial score (nSPS) is 14.5. The molecular formula is C9H22N2O3S. The largest absolute Gasteiger partial charge is 0.383 e. The molecule has 0 rings (SSSR count). The maximum Gasteiger partial charge on any atom is 0.212 e. The second-order valence-corrected chi connectivity index (χ2v) is 5.82. The van der Waals surface area contributed by atoms with Crippen molar-refractivity contribution in [2.75, 3.05) is 26.0 Å². The van der Waals surface area contributed by atoms with Gasteiger partial charge in [-0.3, -0.25) is 0 Å². The van der Waals surface area contributed by atoms with Gasteiger partial charge in [0.1, 0.15) is 0 Å². The first-order valence-corrected chi connectivity index (χ1v) is 6.75. The summed E-state index contributed by atoms with van der Waals surface area (Å²) in [5.74, 6) is 0.251. The number of hydrogen-bond acceptors (Lipinski definition) is 4. The number of rotatable bonds is 8. The highest BCUT2D eigenvalue weighted by atomic mass is 32.2. The van der Waals surface area contributed by atoms with Gasteiger partial charge in [-0.2, -0.15) is 0 Å². The molecule has 0 spiro atoms. The van der Waals surface area contributed by atoms with Crippen LogP contribution >= 0.6 is 0 Å². The van der Waals surface area contributed by atoms with Gasteiger partial charge in [0.05, 0.1) is 12.4 Å². The summed E-state index contributed by atoms with van der Waals surface area (Å²) in [7, 11) is -1.67. The quantitative estimate of drug-likeness (QED) is 0.620. The van der Waals surface area contributed by atoms with E-state index in [1.807, 2.05) is 13.8 Å². The van der Waals surface area contributed by atoms with E-state index in [4.69, 9.17) is 10.5 Å². The van der Waals surface area contributed by atoms with Crippen molar-refractivity contribution >= 4 is 10.0 Å². The minimum Gasteiger partial charge on any atom is -0.383 e. The molecule has 3 N–H and O–H groups in total. The van der Waals surface area contributed by atoms with E-state index in [0.717, 1.165) is 0 Å². The minimum atomic E-state index is -3.21. The van der Waals surface area contributed by atoms with Crippen molar-refractivity contribution in [1.82, 2.24) is 4.72 Å². The van der Waals surface area contributed by atoms with Crippen LogP contribution in [0.5, 0.6) is 0 Å². The highest BCUT2D eigenvalue weighted by molar-refractivity contribution is 7.89. The molecule has 1 atom stereocenters. The second-order valence-electron chi connectivity index (χ2n) is 4.02. The van der Waals surface area contributed by atoms with Crippen molar-refractivity contribution in [2.45, 2.75) is 26.3 Å². The fourth-order valence-corrected chi connectivity index (χ4v) is 2.99. The zero-order chi connectivity index (χ0) is 11.9. The van der Waals surface area contributed by atoms with E-state index in [-0.39, 0.29) is 17.7 Å². The van der Waals surface area contributed by atoms with E-state index in [1.54, 1.807) is 7.11 Å². The predicted octanol–water partition coefficient (Wildman–Crippen LogP) is -0.0744. The third kappa shape index (κ3) is 7.72. The summed E-state index contributed by atoms with van der Waals surface area (Å²) in [5, 5.41) is 0. The Labute approximate surface area is 92.4 Å². The van der Waals surface area contributed by atoms with E-state index in [0.29, 0.717) is 19.6 Å². The van der Waals surface area contributed by atoms with Crippen LogP contribution in [-0.4, -0.2) is 40.5 Å². The van der Waals surface area contributed by atoms with E-state index < -0.39 is 10.0 Å². The smallest absolute Gasteiger partial charge is 0.212 e. The Morgan fingerprint density at radius 1 is 1.40 bits per heavy atom. The van der Waals surface area contributed by atoms with Gasteiger partial charge >= 0.3 is 0 Å². The Morgan fingerprint density at radius 3 is 2.40 bits per heavy atom. The Morgan fingerprint density at radius 2 is 2.00 bits per heavy atom. The van der Waals surface area contributed by atoms with Crippen LogP contribution in [0.1, 0.15) is 20.3 Å². The third-order valence-corrected chi connectivity index (χ3v) is 3.58. The Bertz CT molecular complexity index is 246. The zero-order valence-electron chi connectivity index (χ0n) is 9.69. The molecule has 0 heterocycles. The Kier molecular flexibility index (Phi) is 7.08. The first kappa shape index (κ1) is 14.8. The lowest BCUT2D eigenvalue weighted by Crippen LogP contribution is -2.41. The van der Waals surface area contributed by atoms with Crippen molar-refractivity contribution < 1.29 is 13.2 Å². The summed E-state index contributed by atoms with van der Waals surface area (Å²) < 4.78 is 30.7. The number of nitrogens with two attached hydrogens (primary N) is 1. The van der Waals surface area contributed by atoms with Crippen LogP contribution in [0, 0.1) is 5.92 Å². The van der Waals surface area contributed by atoms with E-state index in [1.165, 1.54) is 0 Å². The Hall–Kier alpha value is -0.170. The van der Waals surface area contributed by atoms with Gasteiger partial charge < -0.3 is 10.5 Å². The lowest BCUT2D eigenvalue weighted by molar-refractivity contribution is 0.172. The fourth-order valence-electron chi connectivity index (χ4n) is 1.32. The van der Waals surface area contributed by atoms with Crippen LogP contribution in [0.4, 0.5) is 0 Å². The minimum absolute atomic E-state index is 0.114. The summed E-state index contributed by atoms with van der Waals surface area (Å²) in [6, 6.07) is -0.219. The molecule has 1 unspecified atom stereocenters. The first-order valence-electron chi connectivity index (χ1n) is 5.10. The van der Waals surface area contributed by atoms with Crippen molar-refractivity contribution in [3.8, 4) is 0 Å². The number of sulfonamides is 1. The molecule has 5 nitrogen and oxygen atoms in total. The van der Waals surface area contributed by atoms with Crippen LogP contribution in [0.25, 0.3) is 0 Å². The van der Waals surface area contributed by atoms with Gasteiger partial charge in [0.2, 0.25) is 10.0 Å². The van der Waals surface area contributed by atoms with Gasteiger partial charge in [0.25, 0.3) is 0 Å². The highest BCUT2D eigenvalue weighted by Crippen LogP contribution is 2.01. The molecule has 0 aliphatic rings. The molecular weight excluding hydrogens is 216 g/mol. The van der Waals surface area contributed by atoms with Crippen LogP contribution < -0.4 is 10.5 Å². The molecule has 0 aromatic rings. The number of nitrogens with one attached hydrogen (secondary N) is 1. The molecule has 0 fully saturated rings. The first-order chi connectivity index (χ1) is 6.91. The molecule has 0 saturated carbocycles. The van der Waals surface area contributed by atoms with Crippen LogP contribution in [-0.2, 0) is 14.8 Å². The SMILES string of the molecule is COCC(CCN)NS(=O)(=O)CC(C)C. The summed E-state index contributed by atoms with van der Waals surface area (Å²) in [6.45, 7) is 4.54. The van der Waals surface area contributed by atoms with Gasteiger partial charge in [-0.05, 0) is 18.9 Å². The summed E-state index contributed by atoms with van der Waals surface area (Å²) >= 11 is 0. The van der Waals surface area contributed by atoms with E-state index in [9.17, 15) is 8.42 Å². The van der Waals surface area contributed by atoms with Gasteiger partial charge in [-0.1, -0.05) is 13.8 Å². The van der Waals surface area contributed by atoms with Crippen LogP contribution in [0.3, 0.4) is 0 Å². The van der Waals surface area contributed by atoms with Crippen molar-refractivity contribution in [2.24, 2.45) is 11.7 Å². The lowest BCUT2D eigenvalue weighted by Gasteiger charge is -2.17. The van der Waals surface area contributed by atoms with Crippen molar-refractivity contribution in [3.05, 3.63) is 0 Å². The summed E-state index contributed by atoms with van der Waals surface area (Å²) in [6.07, 6.45) is 0.588. The monoisotopic (exact) mass is 238 g/mol. The van der Waals surface area contributed by atoms with E-state index >= 15 is 0 Å². The number of hydrogen-bond donors (Lipinski definition) is 2. The molecule has 0 aromatic carbocycles. The molecule has 0 aliphatic carbocycles. The molecule has 6 heteroatoms. The van der Waals surface area contributed by atoms with Gasteiger partial charge in [0, 0.05) is 13.2 Å². The average molecular weight is 238 g/mol. The molecule has 0 aliphatic heterocycles. The van der Waals surface area contributed by atoms with Crippen LogP contribution in [0.2, 0.25) is 0 Å². The average Bonchev–Trinajstić information content (AvgIpc) is 2.01. The Balaban J connectivity index is 4.24. The van der Waals surface area contributed by atoms with Crippen molar-refractivity contribution in [3.63, 3.8) is 0 Å². The summed E-state index contributed by atoms with van der Waals surface area (Å²) in [5.41, 5.74) is 5.39.